The lowest BCUT2D eigenvalue weighted by molar-refractivity contribution is 0.344. The molecule has 25 heavy (non-hydrogen) atoms. The molecule has 0 unspecified atom stereocenters. The van der Waals surface area contributed by atoms with E-state index in [4.69, 9.17) is 26.9 Å². The second-order valence-corrected chi connectivity index (χ2v) is 6.55. The Morgan fingerprint density at radius 3 is 2.40 bits per heavy atom. The van der Waals surface area contributed by atoms with Crippen molar-refractivity contribution >= 4 is 23.4 Å². The molecule has 0 fully saturated rings. The summed E-state index contributed by atoms with van der Waals surface area (Å²) in [6, 6.07) is 14.8. The number of nitrogens with two attached hydrogens (primary N) is 1. The molecule has 3 aromatic rings. The molecule has 0 aliphatic rings. The molecular weight excluding hydrogens is 360 g/mol. The maximum Gasteiger partial charge on any atom is 0.210 e. The highest BCUT2D eigenvalue weighted by Gasteiger charge is 2.12. The van der Waals surface area contributed by atoms with Gasteiger partial charge in [-0.1, -0.05) is 23.4 Å². The van der Waals surface area contributed by atoms with Crippen molar-refractivity contribution in [3.63, 3.8) is 0 Å². The summed E-state index contributed by atoms with van der Waals surface area (Å²) in [5.74, 6) is 8.95. The average molecular weight is 377 g/mol. The highest BCUT2D eigenvalue weighted by atomic mass is 35.5. The van der Waals surface area contributed by atoms with Crippen LogP contribution in [0.15, 0.2) is 53.7 Å². The molecule has 0 saturated heterocycles. The van der Waals surface area contributed by atoms with Crippen LogP contribution < -0.4 is 15.3 Å². The summed E-state index contributed by atoms with van der Waals surface area (Å²) in [5.41, 5.74) is 0.875. The largest absolute Gasteiger partial charge is 0.497 e. The van der Waals surface area contributed by atoms with Crippen LogP contribution in [-0.4, -0.2) is 34.3 Å². The number of ether oxygens (including phenoxy) is 2. The van der Waals surface area contributed by atoms with Crippen LogP contribution >= 0.6 is 23.4 Å². The number of hydrogen-bond donors (Lipinski definition) is 1. The maximum absolute atomic E-state index is 6.10. The van der Waals surface area contributed by atoms with Crippen molar-refractivity contribution in [1.29, 1.82) is 0 Å². The number of methoxy groups -OCH3 is 1. The number of aromatic nitrogens is 3. The summed E-state index contributed by atoms with van der Waals surface area (Å²) < 4.78 is 12.3. The predicted molar refractivity (Wildman–Crippen MR) is 99.8 cm³/mol. The van der Waals surface area contributed by atoms with Crippen molar-refractivity contribution in [2.75, 3.05) is 25.3 Å². The fraction of sp³-hybridized carbons (Fsp3) is 0.176. The Labute approximate surface area is 154 Å². The van der Waals surface area contributed by atoms with Crippen molar-refractivity contribution in [2.24, 2.45) is 0 Å². The van der Waals surface area contributed by atoms with E-state index in [2.05, 4.69) is 10.2 Å². The third kappa shape index (κ3) is 4.37. The van der Waals surface area contributed by atoms with Crippen LogP contribution in [0.25, 0.3) is 11.4 Å². The Morgan fingerprint density at radius 2 is 1.72 bits per heavy atom. The number of hydrogen-bond acceptors (Lipinski definition) is 6. The Morgan fingerprint density at radius 1 is 1.04 bits per heavy atom. The van der Waals surface area contributed by atoms with Gasteiger partial charge in [0, 0.05) is 16.3 Å². The van der Waals surface area contributed by atoms with E-state index in [0.29, 0.717) is 28.4 Å². The van der Waals surface area contributed by atoms with Gasteiger partial charge in [0.05, 0.1) is 13.7 Å². The molecule has 0 bridgehead atoms. The van der Waals surface area contributed by atoms with E-state index in [1.165, 1.54) is 16.4 Å². The summed E-state index contributed by atoms with van der Waals surface area (Å²) in [7, 11) is 1.63. The summed E-state index contributed by atoms with van der Waals surface area (Å²) in [6.45, 7) is 0.525. The van der Waals surface area contributed by atoms with Gasteiger partial charge in [-0.25, -0.2) is 4.68 Å². The van der Waals surface area contributed by atoms with E-state index < -0.39 is 0 Å². The molecule has 8 heteroatoms. The lowest BCUT2D eigenvalue weighted by Gasteiger charge is -2.06. The van der Waals surface area contributed by atoms with Crippen LogP contribution in [0, 0.1) is 0 Å². The van der Waals surface area contributed by atoms with Crippen molar-refractivity contribution < 1.29 is 9.47 Å². The molecule has 0 aliphatic heterocycles. The van der Waals surface area contributed by atoms with Gasteiger partial charge in [-0.2, -0.15) is 0 Å². The first-order chi connectivity index (χ1) is 12.2. The second-order valence-electron chi connectivity index (χ2n) is 5.06. The van der Waals surface area contributed by atoms with E-state index in [9.17, 15) is 0 Å². The monoisotopic (exact) mass is 376 g/mol. The normalized spacial score (nSPS) is 10.6. The van der Waals surface area contributed by atoms with Gasteiger partial charge in [-0.15, -0.1) is 10.2 Å². The summed E-state index contributed by atoms with van der Waals surface area (Å²) in [4.78, 5) is 0. The SMILES string of the molecule is COc1ccc(-c2nnc(SCCOc3ccc(Cl)cc3)n2N)cc1. The highest BCUT2D eigenvalue weighted by Crippen LogP contribution is 2.23. The van der Waals surface area contributed by atoms with Gasteiger partial charge in [0.2, 0.25) is 5.16 Å². The molecule has 0 spiro atoms. The number of nitrogens with zero attached hydrogens (tertiary/aromatic N) is 3. The highest BCUT2D eigenvalue weighted by molar-refractivity contribution is 7.99. The Kier molecular flexibility index (Phi) is 5.67. The van der Waals surface area contributed by atoms with Crippen LogP contribution in [-0.2, 0) is 0 Å². The molecule has 1 heterocycles. The van der Waals surface area contributed by atoms with E-state index >= 15 is 0 Å². The molecule has 1 aromatic heterocycles. The van der Waals surface area contributed by atoms with E-state index in [1.54, 1.807) is 19.2 Å². The molecule has 0 atom stereocenters. The number of thioether (sulfide) groups is 1. The van der Waals surface area contributed by atoms with Crippen LogP contribution in [0.1, 0.15) is 0 Å². The molecule has 2 aromatic carbocycles. The molecule has 2 N–H and O–H groups in total. The van der Waals surface area contributed by atoms with Crippen LogP contribution in [0.5, 0.6) is 11.5 Å². The van der Waals surface area contributed by atoms with Gasteiger partial charge in [0.1, 0.15) is 11.5 Å². The lowest BCUT2D eigenvalue weighted by Crippen LogP contribution is -2.12. The fourth-order valence-electron chi connectivity index (χ4n) is 2.14. The third-order valence-electron chi connectivity index (χ3n) is 3.41. The Bertz CT molecular complexity index is 822. The van der Waals surface area contributed by atoms with Gasteiger partial charge in [0.25, 0.3) is 0 Å². The van der Waals surface area contributed by atoms with Gasteiger partial charge < -0.3 is 15.3 Å². The first-order valence-electron chi connectivity index (χ1n) is 7.53. The van der Waals surface area contributed by atoms with Crippen molar-refractivity contribution in [1.82, 2.24) is 14.9 Å². The number of nitrogen functional groups attached to an aromatic ring is 1. The Hall–Kier alpha value is -2.38. The molecule has 0 amide bonds. The van der Waals surface area contributed by atoms with E-state index in [-0.39, 0.29) is 0 Å². The molecule has 0 saturated carbocycles. The number of rotatable bonds is 7. The summed E-state index contributed by atoms with van der Waals surface area (Å²) in [5, 5.41) is 9.61. The zero-order valence-corrected chi connectivity index (χ0v) is 15.1. The standard InChI is InChI=1S/C17H17ClN4O2S/c1-23-14-6-2-12(3-7-14)16-20-21-17(22(16)19)25-11-10-24-15-8-4-13(18)5-9-15/h2-9H,10-11,19H2,1H3. The first-order valence-corrected chi connectivity index (χ1v) is 8.90. The van der Waals surface area contributed by atoms with Crippen LogP contribution in [0.2, 0.25) is 5.02 Å². The zero-order chi connectivity index (χ0) is 17.6. The van der Waals surface area contributed by atoms with Crippen LogP contribution in [0.4, 0.5) is 0 Å². The molecule has 0 aliphatic carbocycles. The van der Waals surface area contributed by atoms with Crippen molar-refractivity contribution in [2.45, 2.75) is 5.16 Å². The summed E-state index contributed by atoms with van der Waals surface area (Å²) >= 11 is 7.32. The third-order valence-corrected chi connectivity index (χ3v) is 4.57. The smallest absolute Gasteiger partial charge is 0.210 e. The maximum atomic E-state index is 6.10. The zero-order valence-electron chi connectivity index (χ0n) is 13.6. The fourth-order valence-corrected chi connectivity index (χ4v) is 2.94. The molecule has 3 rings (SSSR count). The minimum Gasteiger partial charge on any atom is -0.497 e. The van der Waals surface area contributed by atoms with Gasteiger partial charge in [0.15, 0.2) is 5.82 Å². The quantitative estimate of drug-likeness (QED) is 0.386. The molecule has 0 radical (unpaired) electrons. The molecule has 6 nitrogen and oxygen atoms in total. The second kappa shape index (κ2) is 8.13. The van der Waals surface area contributed by atoms with Gasteiger partial charge >= 0.3 is 0 Å². The van der Waals surface area contributed by atoms with Gasteiger partial charge in [-0.05, 0) is 48.5 Å². The summed E-state index contributed by atoms with van der Waals surface area (Å²) in [6.07, 6.45) is 0. The minimum atomic E-state index is 0.525. The minimum absolute atomic E-state index is 0.525. The lowest BCUT2D eigenvalue weighted by atomic mass is 10.2. The van der Waals surface area contributed by atoms with Crippen molar-refractivity contribution in [3.05, 3.63) is 53.6 Å². The van der Waals surface area contributed by atoms with E-state index in [1.807, 2.05) is 36.4 Å². The average Bonchev–Trinajstić information content (AvgIpc) is 3.01. The van der Waals surface area contributed by atoms with Crippen molar-refractivity contribution in [3.8, 4) is 22.9 Å². The number of halogens is 1. The topological polar surface area (TPSA) is 75.2 Å². The van der Waals surface area contributed by atoms with E-state index in [0.717, 1.165) is 17.1 Å². The number of benzene rings is 2. The molecule has 130 valence electrons. The van der Waals surface area contributed by atoms with Crippen LogP contribution in [0.3, 0.4) is 0 Å². The first kappa shape index (κ1) is 17.4. The predicted octanol–water partition coefficient (Wildman–Crippen LogP) is 3.49. The van der Waals surface area contributed by atoms with Gasteiger partial charge in [-0.3, -0.25) is 0 Å². The molecular formula is C17H17ClN4O2S. The Balaban J connectivity index is 1.56.